The van der Waals surface area contributed by atoms with Crippen LogP contribution in [0.15, 0.2) is 5.38 Å². The molecule has 1 aliphatic carbocycles. The molecule has 1 aliphatic rings. The number of halogens is 1. The number of nitrogens with one attached hydrogen (secondary N) is 1. The molecule has 1 N–H and O–H groups in total. The van der Waals surface area contributed by atoms with E-state index in [0.29, 0.717) is 16.6 Å². The van der Waals surface area contributed by atoms with Gasteiger partial charge in [0.1, 0.15) is 5.82 Å². The number of anilines is 1. The van der Waals surface area contributed by atoms with Crippen LogP contribution in [0.2, 0.25) is 4.47 Å². The average Bonchev–Trinajstić information content (AvgIpc) is 2.43. The van der Waals surface area contributed by atoms with E-state index in [-0.39, 0.29) is 0 Å². The smallest absolute Gasteiger partial charge is 0.185 e. The molecule has 1 aromatic rings. The molecule has 0 bridgehead atoms. The summed E-state index contributed by atoms with van der Waals surface area (Å²) in [5.74, 6) is 0.884. The number of nitrogens with zero attached hydrogens (tertiary/aromatic N) is 1. The highest BCUT2D eigenvalue weighted by atomic mass is 35.5. The van der Waals surface area contributed by atoms with Crippen LogP contribution in [0.4, 0.5) is 5.82 Å². The fourth-order valence-electron chi connectivity index (χ4n) is 1.40. The van der Waals surface area contributed by atoms with Crippen molar-refractivity contribution in [2.75, 3.05) is 12.4 Å². The van der Waals surface area contributed by atoms with Gasteiger partial charge in [-0.2, -0.15) is 0 Å². The Hall–Kier alpha value is -0.320. The van der Waals surface area contributed by atoms with E-state index in [4.69, 9.17) is 16.3 Å². The van der Waals surface area contributed by atoms with Gasteiger partial charge in [-0.1, -0.05) is 11.6 Å². The highest BCUT2D eigenvalue weighted by molar-refractivity contribution is 7.14. The first-order valence-corrected chi connectivity index (χ1v) is 5.44. The van der Waals surface area contributed by atoms with Crippen LogP contribution in [0.25, 0.3) is 0 Å². The largest absolute Gasteiger partial charge is 0.381 e. The molecule has 0 radical (unpaired) electrons. The van der Waals surface area contributed by atoms with Gasteiger partial charge < -0.3 is 10.1 Å². The van der Waals surface area contributed by atoms with Gasteiger partial charge in [-0.25, -0.2) is 4.98 Å². The minimum absolute atomic E-state index is 0.423. The summed E-state index contributed by atoms with van der Waals surface area (Å²) in [6.07, 6.45) is 2.55. The maximum absolute atomic E-state index is 5.70. The van der Waals surface area contributed by atoms with E-state index < -0.39 is 0 Å². The van der Waals surface area contributed by atoms with Crippen molar-refractivity contribution in [1.29, 1.82) is 0 Å². The van der Waals surface area contributed by atoms with Gasteiger partial charge in [-0.05, 0) is 12.8 Å². The fraction of sp³-hybridized carbons (Fsp3) is 0.625. The van der Waals surface area contributed by atoms with Gasteiger partial charge in [-0.15, -0.1) is 11.3 Å². The van der Waals surface area contributed by atoms with Crippen molar-refractivity contribution in [1.82, 2.24) is 4.98 Å². The second kappa shape index (κ2) is 3.82. The van der Waals surface area contributed by atoms with Gasteiger partial charge in [0.05, 0.1) is 6.10 Å². The average molecular weight is 219 g/mol. The monoisotopic (exact) mass is 218 g/mol. The first-order valence-electron chi connectivity index (χ1n) is 4.18. The van der Waals surface area contributed by atoms with Crippen LogP contribution in [0.5, 0.6) is 0 Å². The summed E-state index contributed by atoms with van der Waals surface area (Å²) in [5.41, 5.74) is 0. The highest BCUT2D eigenvalue weighted by Gasteiger charge is 2.29. The summed E-state index contributed by atoms with van der Waals surface area (Å²) in [7, 11) is 1.75. The Morgan fingerprint density at radius 1 is 1.69 bits per heavy atom. The third-order valence-electron chi connectivity index (χ3n) is 2.26. The topological polar surface area (TPSA) is 34.1 Å². The lowest BCUT2D eigenvalue weighted by molar-refractivity contribution is 0.0328. The van der Waals surface area contributed by atoms with Crippen LogP contribution < -0.4 is 5.32 Å². The molecule has 3 nitrogen and oxygen atoms in total. The third kappa shape index (κ3) is 2.13. The summed E-state index contributed by atoms with van der Waals surface area (Å²) < 4.78 is 5.76. The van der Waals surface area contributed by atoms with Crippen molar-refractivity contribution in [3.8, 4) is 0 Å². The Kier molecular flexibility index (Phi) is 2.71. The van der Waals surface area contributed by atoms with Gasteiger partial charge >= 0.3 is 0 Å². The summed E-state index contributed by atoms with van der Waals surface area (Å²) in [5, 5.41) is 5.23. The quantitative estimate of drug-likeness (QED) is 0.846. The molecule has 5 heteroatoms. The van der Waals surface area contributed by atoms with Crippen molar-refractivity contribution < 1.29 is 4.74 Å². The Labute approximate surface area is 86.1 Å². The molecule has 0 spiro atoms. The van der Waals surface area contributed by atoms with Crippen molar-refractivity contribution in [3.63, 3.8) is 0 Å². The number of hydrogen-bond donors (Lipinski definition) is 1. The van der Waals surface area contributed by atoms with Crippen LogP contribution in [-0.4, -0.2) is 24.2 Å². The molecule has 13 heavy (non-hydrogen) atoms. The van der Waals surface area contributed by atoms with Gasteiger partial charge in [0, 0.05) is 18.5 Å². The van der Waals surface area contributed by atoms with E-state index in [2.05, 4.69) is 10.3 Å². The van der Waals surface area contributed by atoms with E-state index in [1.807, 2.05) is 5.38 Å². The Bertz CT molecular complexity index is 285. The maximum atomic E-state index is 5.70. The number of aromatic nitrogens is 1. The maximum Gasteiger partial charge on any atom is 0.185 e. The van der Waals surface area contributed by atoms with E-state index in [1.165, 1.54) is 11.3 Å². The molecule has 72 valence electrons. The molecule has 0 aromatic carbocycles. The van der Waals surface area contributed by atoms with Crippen LogP contribution >= 0.6 is 22.9 Å². The SMILES string of the molecule is COC1CC(Nc2csc(Cl)n2)C1. The lowest BCUT2D eigenvalue weighted by Gasteiger charge is -2.34. The van der Waals surface area contributed by atoms with E-state index in [9.17, 15) is 0 Å². The Balaban J connectivity index is 1.81. The first-order chi connectivity index (χ1) is 6.28. The van der Waals surface area contributed by atoms with Crippen molar-refractivity contribution in [3.05, 3.63) is 9.85 Å². The minimum Gasteiger partial charge on any atom is -0.381 e. The van der Waals surface area contributed by atoms with Gasteiger partial charge in [0.15, 0.2) is 4.47 Å². The second-order valence-corrected chi connectivity index (χ2v) is 4.60. The van der Waals surface area contributed by atoms with Crippen molar-refractivity contribution in [2.45, 2.75) is 25.0 Å². The molecule has 2 rings (SSSR count). The highest BCUT2D eigenvalue weighted by Crippen LogP contribution is 2.27. The predicted octanol–water partition coefficient (Wildman–Crippen LogP) is 2.39. The summed E-state index contributed by atoms with van der Waals surface area (Å²) >= 11 is 7.15. The van der Waals surface area contributed by atoms with Crippen LogP contribution in [-0.2, 0) is 4.74 Å². The van der Waals surface area contributed by atoms with E-state index in [1.54, 1.807) is 7.11 Å². The van der Waals surface area contributed by atoms with Gasteiger partial charge in [0.2, 0.25) is 0 Å². The zero-order valence-electron chi connectivity index (χ0n) is 7.29. The van der Waals surface area contributed by atoms with Crippen molar-refractivity contribution >= 4 is 28.8 Å². The molecule has 0 saturated heterocycles. The molecule has 0 atom stereocenters. The first kappa shape index (κ1) is 9.24. The van der Waals surface area contributed by atoms with Gasteiger partial charge in [0.25, 0.3) is 0 Å². The zero-order valence-corrected chi connectivity index (χ0v) is 8.86. The number of thiazole rings is 1. The number of methoxy groups -OCH3 is 1. The minimum atomic E-state index is 0.423. The van der Waals surface area contributed by atoms with Crippen LogP contribution in [0.3, 0.4) is 0 Å². The Morgan fingerprint density at radius 3 is 3.00 bits per heavy atom. The van der Waals surface area contributed by atoms with E-state index >= 15 is 0 Å². The molecule has 1 heterocycles. The number of ether oxygens (including phenoxy) is 1. The predicted molar refractivity (Wildman–Crippen MR) is 54.6 cm³/mol. The molecule has 0 aliphatic heterocycles. The fourth-order valence-corrected chi connectivity index (χ4v) is 2.11. The van der Waals surface area contributed by atoms with Crippen LogP contribution in [0, 0.1) is 0 Å². The van der Waals surface area contributed by atoms with Gasteiger partial charge in [-0.3, -0.25) is 0 Å². The molecule has 1 fully saturated rings. The summed E-state index contributed by atoms with van der Waals surface area (Å²) in [4.78, 5) is 4.12. The number of hydrogen-bond acceptors (Lipinski definition) is 4. The molecule has 0 unspecified atom stereocenters. The molecular weight excluding hydrogens is 208 g/mol. The Morgan fingerprint density at radius 2 is 2.46 bits per heavy atom. The summed E-state index contributed by atoms with van der Waals surface area (Å²) in [6.45, 7) is 0. The molecule has 0 amide bonds. The van der Waals surface area contributed by atoms with Crippen molar-refractivity contribution in [2.24, 2.45) is 0 Å². The molecule has 1 aromatic heterocycles. The third-order valence-corrected chi connectivity index (χ3v) is 3.23. The van der Waals surface area contributed by atoms with Crippen LogP contribution in [0.1, 0.15) is 12.8 Å². The molecule has 1 saturated carbocycles. The van der Waals surface area contributed by atoms with E-state index in [0.717, 1.165) is 18.7 Å². The summed E-state index contributed by atoms with van der Waals surface area (Å²) in [6, 6.07) is 0.503. The lowest BCUT2D eigenvalue weighted by atomic mass is 9.89. The second-order valence-electron chi connectivity index (χ2n) is 3.16. The standard InChI is InChI=1S/C8H11ClN2OS/c1-12-6-2-5(3-6)10-7-4-13-8(9)11-7/h4-6,10H,2-3H2,1H3. The lowest BCUT2D eigenvalue weighted by Crippen LogP contribution is -2.40. The normalized spacial score (nSPS) is 26.9. The zero-order chi connectivity index (χ0) is 9.26. The molecular formula is C8H11ClN2OS. The number of rotatable bonds is 3.